The van der Waals surface area contributed by atoms with Crippen LogP contribution in [-0.2, 0) is 22.8 Å². The van der Waals surface area contributed by atoms with Gasteiger partial charge in [-0.3, -0.25) is 0 Å². The summed E-state index contributed by atoms with van der Waals surface area (Å²) in [7, 11) is -2.81. The maximum absolute atomic E-state index is 11.3. The standard InChI is InChI=1S/C16H32O5Si/c1-6-10-11-12-13-14-22(18-8-3,19-9-4)21-15(5)20-16(17)7-2/h7,15H,2,6,8-14H2,1,3-5H3. The van der Waals surface area contributed by atoms with Gasteiger partial charge in [-0.25, -0.2) is 4.79 Å². The van der Waals surface area contributed by atoms with Gasteiger partial charge in [-0.2, -0.15) is 0 Å². The van der Waals surface area contributed by atoms with Gasteiger partial charge in [-0.15, -0.1) is 0 Å². The molecule has 0 aromatic heterocycles. The molecule has 0 aliphatic rings. The fraction of sp³-hybridized carbons (Fsp3) is 0.812. The van der Waals surface area contributed by atoms with Gasteiger partial charge in [-0.05, 0) is 27.2 Å². The lowest BCUT2D eigenvalue weighted by atomic mass is 10.2. The van der Waals surface area contributed by atoms with Gasteiger partial charge in [0, 0.05) is 25.3 Å². The summed E-state index contributed by atoms with van der Waals surface area (Å²) in [5.74, 6) is -0.508. The highest BCUT2D eigenvalue weighted by Crippen LogP contribution is 2.22. The van der Waals surface area contributed by atoms with E-state index in [4.69, 9.17) is 18.0 Å². The number of rotatable bonds is 14. The molecule has 22 heavy (non-hydrogen) atoms. The van der Waals surface area contributed by atoms with Crippen molar-refractivity contribution in [1.29, 1.82) is 0 Å². The molecular formula is C16H32O5Si. The minimum absolute atomic E-state index is 0.508. The quantitative estimate of drug-likeness (QED) is 0.158. The molecule has 1 unspecified atom stereocenters. The number of carbonyl (C=O) groups excluding carboxylic acids is 1. The van der Waals surface area contributed by atoms with Gasteiger partial charge < -0.3 is 18.0 Å². The summed E-state index contributed by atoms with van der Waals surface area (Å²) in [4.78, 5) is 11.3. The highest BCUT2D eigenvalue weighted by atomic mass is 28.4. The van der Waals surface area contributed by atoms with E-state index in [0.29, 0.717) is 13.2 Å². The molecule has 0 amide bonds. The van der Waals surface area contributed by atoms with Crippen LogP contribution < -0.4 is 0 Å². The number of carbonyl (C=O) groups is 1. The summed E-state index contributed by atoms with van der Waals surface area (Å²) in [6.07, 6.45) is 6.21. The Kier molecular flexibility index (Phi) is 12.4. The first-order chi connectivity index (χ1) is 10.5. The maximum atomic E-state index is 11.3. The van der Waals surface area contributed by atoms with Crippen LogP contribution in [0, 0.1) is 0 Å². The van der Waals surface area contributed by atoms with Crippen molar-refractivity contribution in [2.24, 2.45) is 0 Å². The number of esters is 1. The van der Waals surface area contributed by atoms with E-state index >= 15 is 0 Å². The Balaban J connectivity index is 4.60. The lowest BCUT2D eigenvalue weighted by Crippen LogP contribution is -2.48. The molecule has 0 fully saturated rings. The molecule has 0 radical (unpaired) electrons. The Morgan fingerprint density at radius 1 is 1.09 bits per heavy atom. The van der Waals surface area contributed by atoms with E-state index in [1.54, 1.807) is 6.92 Å². The van der Waals surface area contributed by atoms with Gasteiger partial charge >= 0.3 is 14.8 Å². The van der Waals surface area contributed by atoms with Crippen LogP contribution in [0.3, 0.4) is 0 Å². The molecule has 0 heterocycles. The number of hydrogen-bond acceptors (Lipinski definition) is 5. The van der Waals surface area contributed by atoms with E-state index in [0.717, 1.165) is 25.0 Å². The maximum Gasteiger partial charge on any atom is 0.503 e. The van der Waals surface area contributed by atoms with Gasteiger partial charge in [0.15, 0.2) is 6.29 Å². The molecule has 130 valence electrons. The fourth-order valence-corrected chi connectivity index (χ4v) is 4.93. The van der Waals surface area contributed by atoms with Crippen LogP contribution in [0.4, 0.5) is 0 Å². The zero-order chi connectivity index (χ0) is 16.8. The second kappa shape index (κ2) is 12.8. The van der Waals surface area contributed by atoms with Crippen LogP contribution in [0.5, 0.6) is 0 Å². The smallest absolute Gasteiger partial charge is 0.434 e. The van der Waals surface area contributed by atoms with Crippen molar-refractivity contribution in [2.45, 2.75) is 72.1 Å². The van der Waals surface area contributed by atoms with Crippen LogP contribution in [0.15, 0.2) is 12.7 Å². The van der Waals surface area contributed by atoms with E-state index < -0.39 is 21.1 Å². The summed E-state index contributed by atoms with van der Waals surface area (Å²) >= 11 is 0. The van der Waals surface area contributed by atoms with Crippen molar-refractivity contribution in [3.63, 3.8) is 0 Å². The molecule has 0 rings (SSSR count). The molecule has 6 heteroatoms. The largest absolute Gasteiger partial charge is 0.503 e. The molecule has 0 N–H and O–H groups in total. The molecule has 0 saturated carbocycles. The minimum atomic E-state index is -2.81. The van der Waals surface area contributed by atoms with E-state index in [9.17, 15) is 4.79 Å². The van der Waals surface area contributed by atoms with Crippen LogP contribution >= 0.6 is 0 Å². The molecule has 0 aliphatic carbocycles. The Bertz CT molecular complexity index is 303. The van der Waals surface area contributed by atoms with E-state index in [2.05, 4.69) is 13.5 Å². The summed E-state index contributed by atoms with van der Waals surface area (Å²) in [5, 5.41) is 0. The third-order valence-electron chi connectivity index (χ3n) is 3.11. The third-order valence-corrected chi connectivity index (χ3v) is 6.22. The summed E-state index contributed by atoms with van der Waals surface area (Å²) < 4.78 is 22.7. The average Bonchev–Trinajstić information content (AvgIpc) is 2.47. The molecule has 0 bridgehead atoms. The van der Waals surface area contributed by atoms with Gasteiger partial charge in [0.2, 0.25) is 0 Å². The highest BCUT2D eigenvalue weighted by molar-refractivity contribution is 6.60. The zero-order valence-corrected chi connectivity index (χ0v) is 15.6. The van der Waals surface area contributed by atoms with Crippen LogP contribution in [0.25, 0.3) is 0 Å². The first-order valence-corrected chi connectivity index (χ1v) is 10.3. The van der Waals surface area contributed by atoms with Crippen molar-refractivity contribution in [3.8, 4) is 0 Å². The summed E-state index contributed by atoms with van der Waals surface area (Å²) in [6, 6.07) is 0.744. The number of hydrogen-bond donors (Lipinski definition) is 0. The van der Waals surface area contributed by atoms with Crippen LogP contribution in [0.1, 0.15) is 59.8 Å². The van der Waals surface area contributed by atoms with Gasteiger partial charge in [0.25, 0.3) is 0 Å². The van der Waals surface area contributed by atoms with E-state index in [1.807, 2.05) is 13.8 Å². The van der Waals surface area contributed by atoms with Gasteiger partial charge in [0.05, 0.1) is 0 Å². The third kappa shape index (κ3) is 9.35. The lowest BCUT2D eigenvalue weighted by molar-refractivity contribution is -0.161. The Hall–Kier alpha value is -0.693. The zero-order valence-electron chi connectivity index (χ0n) is 14.6. The van der Waals surface area contributed by atoms with Crippen molar-refractivity contribution in [2.75, 3.05) is 13.2 Å². The SMILES string of the molecule is C=CC(=O)OC(C)O[Si](CCCCCCC)(OCC)OCC. The number of unbranched alkanes of at least 4 members (excludes halogenated alkanes) is 4. The lowest BCUT2D eigenvalue weighted by Gasteiger charge is -2.31. The normalized spacial score (nSPS) is 12.9. The Morgan fingerprint density at radius 3 is 2.18 bits per heavy atom. The van der Waals surface area contributed by atoms with Crippen molar-refractivity contribution >= 4 is 14.8 Å². The van der Waals surface area contributed by atoms with Gasteiger partial charge in [0.1, 0.15) is 0 Å². The van der Waals surface area contributed by atoms with E-state index in [-0.39, 0.29) is 0 Å². The molecule has 1 atom stereocenters. The van der Waals surface area contributed by atoms with Crippen molar-refractivity contribution in [3.05, 3.63) is 12.7 Å². The average molecular weight is 333 g/mol. The van der Waals surface area contributed by atoms with E-state index in [1.165, 1.54) is 19.3 Å². The predicted octanol–water partition coefficient (Wildman–Crippen LogP) is 4.06. The fourth-order valence-electron chi connectivity index (χ4n) is 2.19. The first-order valence-electron chi connectivity index (χ1n) is 8.32. The molecule has 0 aliphatic heterocycles. The molecular weight excluding hydrogens is 300 g/mol. The topological polar surface area (TPSA) is 54.0 Å². The first kappa shape index (κ1) is 21.3. The van der Waals surface area contributed by atoms with Gasteiger partial charge in [-0.1, -0.05) is 39.2 Å². The minimum Gasteiger partial charge on any atom is -0.434 e. The summed E-state index contributed by atoms with van der Waals surface area (Å²) in [5.41, 5.74) is 0. The molecule has 0 spiro atoms. The molecule has 0 aromatic rings. The molecule has 0 saturated heterocycles. The predicted molar refractivity (Wildman–Crippen MR) is 89.4 cm³/mol. The van der Waals surface area contributed by atoms with Crippen molar-refractivity contribution < 1.29 is 22.8 Å². The summed E-state index contributed by atoms with van der Waals surface area (Å²) in [6.45, 7) is 12.1. The highest BCUT2D eigenvalue weighted by Gasteiger charge is 2.42. The Morgan fingerprint density at radius 2 is 1.68 bits per heavy atom. The number of ether oxygens (including phenoxy) is 1. The molecule has 5 nitrogen and oxygen atoms in total. The second-order valence-corrected chi connectivity index (χ2v) is 7.72. The second-order valence-electron chi connectivity index (χ2n) is 5.04. The van der Waals surface area contributed by atoms with Crippen LogP contribution in [0.2, 0.25) is 6.04 Å². The van der Waals surface area contributed by atoms with Crippen LogP contribution in [-0.4, -0.2) is 34.3 Å². The Labute approximate surface area is 136 Å². The molecule has 0 aromatic carbocycles. The van der Waals surface area contributed by atoms with Crippen molar-refractivity contribution in [1.82, 2.24) is 0 Å². The monoisotopic (exact) mass is 332 g/mol.